The number of amidine groups is 1. The van der Waals surface area contributed by atoms with Gasteiger partial charge in [0.15, 0.2) is 21.7 Å². The molecular weight excluding hydrogens is 556 g/mol. The Morgan fingerprint density at radius 3 is 2.38 bits per heavy atom. The molecule has 3 heterocycles. The minimum atomic E-state index is -4.48. The molecule has 4 rings (SSSR count). The Bertz CT molecular complexity index is 1760. The van der Waals surface area contributed by atoms with E-state index in [9.17, 15) is 36.4 Å². The van der Waals surface area contributed by atoms with E-state index in [1.165, 1.54) is 24.5 Å². The topological polar surface area (TPSA) is 252 Å². The summed E-state index contributed by atoms with van der Waals surface area (Å²) in [5, 5.41) is 11.7. The second-order valence-corrected chi connectivity index (χ2v) is 10.8. The van der Waals surface area contributed by atoms with Crippen LogP contribution >= 0.6 is 11.6 Å². The summed E-state index contributed by atoms with van der Waals surface area (Å²) in [6.45, 7) is 0. The molecule has 1 atom stereocenters. The first-order valence-corrected chi connectivity index (χ1v) is 13.1. The van der Waals surface area contributed by atoms with Crippen molar-refractivity contribution in [2.75, 3.05) is 0 Å². The Hall–Kier alpha value is -4.10. The minimum absolute atomic E-state index is 0.0759. The monoisotopic (exact) mass is 568 g/mol. The lowest BCUT2D eigenvalue weighted by molar-refractivity contribution is -0.132. The molecule has 2 aromatic rings. The number of urea groups is 1. The molecule has 192 valence electrons. The number of hydrazone groups is 1. The van der Waals surface area contributed by atoms with Crippen molar-refractivity contribution >= 4 is 66.9 Å². The highest BCUT2D eigenvalue weighted by Gasteiger charge is 2.41. The van der Waals surface area contributed by atoms with Gasteiger partial charge in [0.2, 0.25) is 21.8 Å². The molecule has 0 bridgehead atoms. The molecule has 1 fully saturated rings. The molecule has 19 heteroatoms. The van der Waals surface area contributed by atoms with E-state index in [-0.39, 0.29) is 10.9 Å². The largest absolute Gasteiger partial charge is 0.328 e. The smallest absolute Gasteiger partial charge is 0.296 e. The van der Waals surface area contributed by atoms with E-state index in [4.69, 9.17) is 16.7 Å². The number of rotatable bonds is 5. The van der Waals surface area contributed by atoms with Gasteiger partial charge in [0.05, 0.1) is 10.4 Å². The van der Waals surface area contributed by atoms with E-state index in [2.05, 4.69) is 24.9 Å². The molecular formula is C18H13ClN8O8S2. The molecule has 2 aliphatic heterocycles. The Balaban J connectivity index is 1.90. The van der Waals surface area contributed by atoms with Gasteiger partial charge in [-0.1, -0.05) is 11.6 Å². The van der Waals surface area contributed by atoms with E-state index >= 15 is 0 Å². The fourth-order valence-corrected chi connectivity index (χ4v) is 5.42. The summed E-state index contributed by atoms with van der Waals surface area (Å²) < 4.78 is 50.1. The average Bonchev–Trinajstić information content (AvgIpc) is 2.79. The molecule has 1 unspecified atom stereocenters. The van der Waals surface area contributed by atoms with Crippen LogP contribution < -0.4 is 26.6 Å². The van der Waals surface area contributed by atoms with Crippen molar-refractivity contribution in [2.45, 2.75) is 4.90 Å². The highest BCUT2D eigenvalue weighted by Crippen LogP contribution is 2.20. The van der Waals surface area contributed by atoms with Crippen LogP contribution in [0.3, 0.4) is 0 Å². The van der Waals surface area contributed by atoms with Crippen LogP contribution in [0.1, 0.15) is 10.4 Å². The Morgan fingerprint density at radius 2 is 1.78 bits per heavy atom. The Kier molecular flexibility index (Phi) is 6.60. The number of barbiturate groups is 1. The van der Waals surface area contributed by atoms with E-state index in [0.717, 1.165) is 6.07 Å². The van der Waals surface area contributed by atoms with Crippen molar-refractivity contribution < 1.29 is 36.4 Å². The van der Waals surface area contributed by atoms with E-state index in [1.807, 2.05) is 10.6 Å². The van der Waals surface area contributed by atoms with E-state index in [1.54, 1.807) is 0 Å². The number of halogens is 1. The number of nitrogens with one attached hydrogen (secondary N) is 3. The molecule has 5 amide bonds. The van der Waals surface area contributed by atoms with E-state index < -0.39 is 75.7 Å². The maximum Gasteiger partial charge on any atom is 0.328 e. The molecule has 6 N–H and O–H groups in total. The highest BCUT2D eigenvalue weighted by atomic mass is 35.5. The predicted octanol–water partition coefficient (Wildman–Crippen LogP) is -1.89. The summed E-state index contributed by atoms with van der Waals surface area (Å²) in [5.74, 6) is -5.93. The molecule has 0 spiro atoms. The number of primary sulfonamides is 1. The zero-order valence-corrected chi connectivity index (χ0v) is 20.3. The van der Waals surface area contributed by atoms with Crippen LogP contribution in [-0.4, -0.2) is 57.5 Å². The fourth-order valence-electron chi connectivity index (χ4n) is 3.14. The summed E-state index contributed by atoms with van der Waals surface area (Å²) >= 11 is 5.96. The number of hydrogen-bond acceptors (Lipinski definition) is 10. The van der Waals surface area contributed by atoms with Gasteiger partial charge < -0.3 is 0 Å². The normalized spacial score (nSPS) is 20.2. The van der Waals surface area contributed by atoms with Gasteiger partial charge in [-0.05, 0) is 24.3 Å². The van der Waals surface area contributed by atoms with Gasteiger partial charge in [-0.25, -0.2) is 33.0 Å². The third kappa shape index (κ3) is 5.22. The first-order valence-electron chi connectivity index (χ1n) is 9.66. The first kappa shape index (κ1) is 26.0. The number of carbonyl (C=O) groups excluding carboxylic acids is 4. The lowest BCUT2D eigenvalue weighted by atomic mass is 9.99. The first-order chi connectivity index (χ1) is 17.3. The molecule has 1 saturated heterocycles. The maximum absolute atomic E-state index is 13.0. The molecule has 37 heavy (non-hydrogen) atoms. The SMILES string of the molecule is NS(=O)(=O)c1cc2c(cc1Cl)=NC(/C(=N\NC(=O)c1ccncc1)C1C(=O)NC(=O)NC1=O)=NS=2(=O)O. The van der Waals surface area contributed by atoms with E-state index in [0.29, 0.717) is 6.07 Å². The zero-order chi connectivity index (χ0) is 27.1. The second-order valence-electron chi connectivity index (χ2n) is 7.23. The number of nitrogens with two attached hydrogens (primary N) is 1. The van der Waals surface area contributed by atoms with Gasteiger partial charge >= 0.3 is 6.03 Å². The van der Waals surface area contributed by atoms with Gasteiger partial charge in [-0.15, -0.1) is 4.40 Å². The van der Waals surface area contributed by atoms with Gasteiger partial charge in [0, 0.05) is 18.0 Å². The quantitative estimate of drug-likeness (QED) is 0.117. The van der Waals surface area contributed by atoms with Crippen LogP contribution in [0.4, 0.5) is 4.79 Å². The summed E-state index contributed by atoms with van der Waals surface area (Å²) in [6, 6.07) is 3.13. The number of imide groups is 2. The number of benzene rings is 1. The molecule has 0 saturated carbocycles. The number of nitrogens with zero attached hydrogens (tertiary/aromatic N) is 4. The fraction of sp³-hybridized carbons (Fsp3) is 0.0556. The average molecular weight is 569 g/mol. The molecule has 2 aliphatic rings. The minimum Gasteiger partial charge on any atom is -0.296 e. The maximum atomic E-state index is 13.0. The highest BCUT2D eigenvalue weighted by molar-refractivity contribution is 7.89. The summed E-state index contributed by atoms with van der Waals surface area (Å²) in [7, 11) is -8.88. The van der Waals surface area contributed by atoms with Crippen LogP contribution in [0.5, 0.6) is 0 Å². The number of sulfonamides is 1. The lowest BCUT2D eigenvalue weighted by Crippen LogP contribution is -2.59. The Morgan fingerprint density at radius 1 is 1.16 bits per heavy atom. The lowest BCUT2D eigenvalue weighted by Gasteiger charge is -2.22. The number of aromatic nitrogens is 1. The van der Waals surface area contributed by atoms with Crippen LogP contribution in [0, 0.1) is 10.4 Å². The molecule has 0 radical (unpaired) electrons. The molecule has 0 aliphatic carbocycles. The van der Waals surface area contributed by atoms with Gasteiger partial charge in [0.25, 0.3) is 5.91 Å². The Labute approximate surface area is 211 Å². The molecule has 1 aromatic carbocycles. The van der Waals surface area contributed by atoms with Crippen LogP contribution in [0.25, 0.3) is 0 Å². The van der Waals surface area contributed by atoms with Crippen LogP contribution in [-0.2, 0) is 29.6 Å². The third-order valence-corrected chi connectivity index (χ3v) is 7.46. The van der Waals surface area contributed by atoms with Crippen molar-refractivity contribution in [1.82, 2.24) is 21.0 Å². The summed E-state index contributed by atoms with van der Waals surface area (Å²) in [4.78, 5) is 56.1. The number of amides is 5. The van der Waals surface area contributed by atoms with Gasteiger partial charge in [-0.3, -0.25) is 34.6 Å². The van der Waals surface area contributed by atoms with Gasteiger partial charge in [-0.2, -0.15) is 5.10 Å². The summed E-state index contributed by atoms with van der Waals surface area (Å²) in [5.41, 5.74) is 1.43. The number of pyridine rings is 1. The standard InChI is InChI=1S/C18H13ClN8O8S2/c19-8-5-9-11(6-10(8)36(20,32)33)37(34,35)27-14(22-9)13(12-16(29)23-18(31)24-17(12)30)25-26-15(28)7-1-3-21-4-2-7/h1-6,12H,(H,26,28)(H2,20,32,33)(H,22,27,34,35)(H2,23,24,29,30,31)/b25-13-. The van der Waals surface area contributed by atoms with Crippen molar-refractivity contribution in [3.63, 3.8) is 0 Å². The van der Waals surface area contributed by atoms with Crippen LogP contribution in [0.15, 0.2) is 56.0 Å². The van der Waals surface area contributed by atoms with Crippen molar-refractivity contribution in [3.8, 4) is 0 Å². The molecule has 16 nitrogen and oxygen atoms in total. The predicted molar refractivity (Wildman–Crippen MR) is 125 cm³/mol. The third-order valence-electron chi connectivity index (χ3n) is 4.76. The van der Waals surface area contributed by atoms with Gasteiger partial charge in [0.1, 0.15) is 15.1 Å². The molecule has 1 aromatic heterocycles. The number of carbonyl (C=O) groups is 4. The van der Waals surface area contributed by atoms with Crippen LogP contribution in [0.2, 0.25) is 5.02 Å². The van der Waals surface area contributed by atoms with Crippen molar-refractivity contribution in [1.29, 1.82) is 0 Å². The van der Waals surface area contributed by atoms with Crippen molar-refractivity contribution in [3.05, 3.63) is 57.1 Å². The zero-order valence-electron chi connectivity index (χ0n) is 17.9. The second kappa shape index (κ2) is 9.41. The summed E-state index contributed by atoms with van der Waals surface area (Å²) in [6.07, 6.45) is 2.62. The van der Waals surface area contributed by atoms with Crippen molar-refractivity contribution in [2.24, 2.45) is 25.5 Å². The number of fused-ring (bicyclic) bond motifs is 1. The number of hydrogen-bond donors (Lipinski definition) is 5.